The van der Waals surface area contributed by atoms with Crippen LogP contribution >= 0.6 is 11.3 Å². The molecule has 2 aromatic heterocycles. The van der Waals surface area contributed by atoms with Crippen molar-refractivity contribution in [2.75, 3.05) is 44.3 Å². The molecule has 6 nitrogen and oxygen atoms in total. The normalized spacial score (nSPS) is 25.2. The van der Waals surface area contributed by atoms with E-state index in [9.17, 15) is 0 Å². The largest absolute Gasteiger partial charge is 0.379 e. The minimum absolute atomic E-state index is 0.214. The second-order valence-electron chi connectivity index (χ2n) is 7.48. The highest BCUT2D eigenvalue weighted by atomic mass is 32.1. The van der Waals surface area contributed by atoms with Gasteiger partial charge in [0.05, 0.1) is 37.4 Å². The van der Waals surface area contributed by atoms with Crippen molar-refractivity contribution >= 4 is 27.4 Å². The Labute approximate surface area is 159 Å². The average Bonchev–Trinajstić information content (AvgIpc) is 2.88. The monoisotopic (exact) mass is 376 g/mol. The van der Waals surface area contributed by atoms with Crippen LogP contribution in [0.15, 0.2) is 0 Å². The van der Waals surface area contributed by atoms with E-state index in [1.54, 1.807) is 11.3 Å². The van der Waals surface area contributed by atoms with Gasteiger partial charge in [0.2, 0.25) is 0 Å². The van der Waals surface area contributed by atoms with Gasteiger partial charge in [0.15, 0.2) is 0 Å². The van der Waals surface area contributed by atoms with Gasteiger partial charge in [0.25, 0.3) is 0 Å². The third-order valence-electron chi connectivity index (χ3n) is 5.24. The lowest BCUT2D eigenvalue weighted by Crippen LogP contribution is -2.46. The summed E-state index contributed by atoms with van der Waals surface area (Å²) >= 11 is 1.78. The molecule has 0 spiro atoms. The summed E-state index contributed by atoms with van der Waals surface area (Å²) in [6, 6.07) is 0. The van der Waals surface area contributed by atoms with Crippen molar-refractivity contribution in [2.24, 2.45) is 0 Å². The summed E-state index contributed by atoms with van der Waals surface area (Å²) in [5, 5.41) is 1.22. The van der Waals surface area contributed by atoms with E-state index < -0.39 is 0 Å². The van der Waals surface area contributed by atoms with Crippen LogP contribution in [0.4, 0.5) is 5.82 Å². The summed E-state index contributed by atoms with van der Waals surface area (Å²) < 4.78 is 11.4. The van der Waals surface area contributed by atoms with Crippen LogP contribution < -0.4 is 4.90 Å². The smallest absolute Gasteiger partial charge is 0.146 e. The first kappa shape index (κ1) is 18.1. The molecule has 2 aliphatic heterocycles. The van der Waals surface area contributed by atoms with Gasteiger partial charge >= 0.3 is 0 Å². The van der Waals surface area contributed by atoms with E-state index in [2.05, 4.69) is 37.5 Å². The molecule has 0 aromatic carbocycles. The number of aromatic nitrogens is 2. The molecule has 0 amide bonds. The standard InChI is InChI=1S/C19H28N4O2S/c1-12-9-23(10-13(2)25-12)18-17-14(3)15(4)26-19(17)21-16(20-18)11-22-5-7-24-8-6-22/h12-13H,5-11H2,1-4H3. The molecular weight excluding hydrogens is 348 g/mol. The molecule has 0 aliphatic carbocycles. The maximum absolute atomic E-state index is 5.93. The maximum atomic E-state index is 5.93. The van der Waals surface area contributed by atoms with Crippen molar-refractivity contribution in [2.45, 2.75) is 46.4 Å². The quantitative estimate of drug-likeness (QED) is 0.821. The van der Waals surface area contributed by atoms with Crippen LogP contribution in [0.25, 0.3) is 10.2 Å². The van der Waals surface area contributed by atoms with E-state index in [-0.39, 0.29) is 12.2 Å². The summed E-state index contributed by atoms with van der Waals surface area (Å²) in [7, 11) is 0. The molecule has 0 saturated carbocycles. The van der Waals surface area contributed by atoms with Crippen molar-refractivity contribution < 1.29 is 9.47 Å². The van der Waals surface area contributed by atoms with Gasteiger partial charge in [-0.3, -0.25) is 4.90 Å². The van der Waals surface area contributed by atoms with Crippen LogP contribution in [0, 0.1) is 13.8 Å². The first-order valence-corrected chi connectivity index (χ1v) is 10.3. The number of anilines is 1. The zero-order chi connectivity index (χ0) is 18.3. The zero-order valence-corrected chi connectivity index (χ0v) is 16.9. The lowest BCUT2D eigenvalue weighted by molar-refractivity contribution is -0.00541. The Balaban J connectivity index is 1.73. The fourth-order valence-corrected chi connectivity index (χ4v) is 4.92. The number of ether oxygens (including phenoxy) is 2. The van der Waals surface area contributed by atoms with Crippen LogP contribution in [-0.4, -0.2) is 66.5 Å². The molecule has 0 N–H and O–H groups in total. The van der Waals surface area contributed by atoms with Crippen molar-refractivity contribution in [3.63, 3.8) is 0 Å². The first-order valence-electron chi connectivity index (χ1n) is 9.48. The summed E-state index contributed by atoms with van der Waals surface area (Å²) in [4.78, 5) is 17.2. The van der Waals surface area contributed by atoms with Crippen molar-refractivity contribution in [3.05, 3.63) is 16.3 Å². The lowest BCUT2D eigenvalue weighted by Gasteiger charge is -2.36. The molecule has 7 heteroatoms. The fraction of sp³-hybridized carbons (Fsp3) is 0.684. The van der Waals surface area contributed by atoms with E-state index in [4.69, 9.17) is 19.4 Å². The Morgan fingerprint density at radius 2 is 1.77 bits per heavy atom. The molecule has 4 heterocycles. The average molecular weight is 377 g/mol. The van der Waals surface area contributed by atoms with Crippen LogP contribution in [0.3, 0.4) is 0 Å². The molecule has 142 valence electrons. The Morgan fingerprint density at radius 3 is 2.46 bits per heavy atom. The number of thiophene rings is 1. The number of morpholine rings is 2. The zero-order valence-electron chi connectivity index (χ0n) is 16.1. The van der Waals surface area contributed by atoms with Gasteiger partial charge < -0.3 is 14.4 Å². The molecule has 0 radical (unpaired) electrons. The number of fused-ring (bicyclic) bond motifs is 1. The minimum Gasteiger partial charge on any atom is -0.379 e. The molecule has 2 aromatic rings. The van der Waals surface area contributed by atoms with Gasteiger partial charge in [-0.05, 0) is 33.3 Å². The van der Waals surface area contributed by atoms with Crippen molar-refractivity contribution in [1.29, 1.82) is 0 Å². The fourth-order valence-electron chi connectivity index (χ4n) is 3.88. The van der Waals surface area contributed by atoms with E-state index >= 15 is 0 Å². The van der Waals surface area contributed by atoms with Crippen LogP contribution in [0.5, 0.6) is 0 Å². The van der Waals surface area contributed by atoms with Crippen LogP contribution in [-0.2, 0) is 16.0 Å². The lowest BCUT2D eigenvalue weighted by atomic mass is 10.1. The molecule has 4 rings (SSSR count). The highest BCUT2D eigenvalue weighted by Crippen LogP contribution is 2.36. The van der Waals surface area contributed by atoms with E-state index in [1.807, 2.05) is 0 Å². The van der Waals surface area contributed by atoms with Gasteiger partial charge in [-0.1, -0.05) is 0 Å². The molecule has 2 aliphatic rings. The van der Waals surface area contributed by atoms with Gasteiger partial charge in [0, 0.05) is 31.1 Å². The first-order chi connectivity index (χ1) is 12.5. The molecule has 2 fully saturated rings. The minimum atomic E-state index is 0.214. The number of aryl methyl sites for hydroxylation is 2. The Kier molecular flexibility index (Phi) is 5.14. The number of hydrogen-bond acceptors (Lipinski definition) is 7. The van der Waals surface area contributed by atoms with Crippen molar-refractivity contribution in [3.8, 4) is 0 Å². The summed E-state index contributed by atoms with van der Waals surface area (Å²) in [6.07, 6.45) is 0.429. The molecule has 26 heavy (non-hydrogen) atoms. The van der Waals surface area contributed by atoms with Gasteiger partial charge in [-0.15, -0.1) is 11.3 Å². The predicted molar refractivity (Wildman–Crippen MR) is 105 cm³/mol. The summed E-state index contributed by atoms with van der Waals surface area (Å²) in [6.45, 7) is 14.7. The second-order valence-corrected chi connectivity index (χ2v) is 8.68. The third-order valence-corrected chi connectivity index (χ3v) is 6.34. The maximum Gasteiger partial charge on any atom is 0.146 e. The summed E-state index contributed by atoms with van der Waals surface area (Å²) in [5.74, 6) is 2.00. The molecule has 2 saturated heterocycles. The predicted octanol–water partition coefficient (Wildman–Crippen LogP) is 2.75. The van der Waals surface area contributed by atoms with Crippen molar-refractivity contribution in [1.82, 2.24) is 14.9 Å². The number of nitrogens with zero attached hydrogens (tertiary/aromatic N) is 4. The molecule has 2 atom stereocenters. The van der Waals surface area contributed by atoms with Gasteiger partial charge in [-0.25, -0.2) is 9.97 Å². The van der Waals surface area contributed by atoms with Gasteiger partial charge in [-0.2, -0.15) is 0 Å². The molecular formula is C19H28N4O2S. The third kappa shape index (κ3) is 3.58. The van der Waals surface area contributed by atoms with E-state index in [0.29, 0.717) is 0 Å². The number of hydrogen-bond donors (Lipinski definition) is 0. The van der Waals surface area contributed by atoms with Crippen LogP contribution in [0.2, 0.25) is 0 Å². The second kappa shape index (κ2) is 7.38. The van der Waals surface area contributed by atoms with E-state index in [0.717, 1.165) is 62.4 Å². The Bertz CT molecular complexity index is 777. The van der Waals surface area contributed by atoms with Crippen LogP contribution in [0.1, 0.15) is 30.1 Å². The van der Waals surface area contributed by atoms with E-state index in [1.165, 1.54) is 15.8 Å². The molecule has 2 unspecified atom stereocenters. The SMILES string of the molecule is Cc1sc2nc(CN3CCOCC3)nc(N3CC(C)OC(C)C3)c2c1C. The Hall–Kier alpha value is -1.28. The number of rotatable bonds is 3. The highest BCUT2D eigenvalue weighted by molar-refractivity contribution is 7.18. The molecule has 0 bridgehead atoms. The highest BCUT2D eigenvalue weighted by Gasteiger charge is 2.27. The van der Waals surface area contributed by atoms with Gasteiger partial charge in [0.1, 0.15) is 16.5 Å². The Morgan fingerprint density at radius 1 is 1.08 bits per heavy atom. The topological polar surface area (TPSA) is 50.7 Å². The summed E-state index contributed by atoms with van der Waals surface area (Å²) in [5.41, 5.74) is 1.31.